The topological polar surface area (TPSA) is 63.0 Å². The SMILES string of the molecule is CCNC(C)c1nnc(Nc2ccc(Br)c(Cl)c2Cl)o1. The summed E-state index contributed by atoms with van der Waals surface area (Å²) in [5.41, 5.74) is 0.603. The molecule has 0 spiro atoms. The minimum Gasteiger partial charge on any atom is -0.406 e. The molecule has 0 radical (unpaired) electrons. The van der Waals surface area contributed by atoms with E-state index in [9.17, 15) is 0 Å². The summed E-state index contributed by atoms with van der Waals surface area (Å²) in [4.78, 5) is 0. The van der Waals surface area contributed by atoms with Crippen LogP contribution in [-0.2, 0) is 0 Å². The molecule has 2 aromatic rings. The van der Waals surface area contributed by atoms with Crippen LogP contribution < -0.4 is 10.6 Å². The van der Waals surface area contributed by atoms with Gasteiger partial charge >= 0.3 is 6.01 Å². The highest BCUT2D eigenvalue weighted by Crippen LogP contribution is 2.36. The lowest BCUT2D eigenvalue weighted by atomic mass is 10.3. The molecule has 1 heterocycles. The Kier molecular flexibility index (Phi) is 5.26. The summed E-state index contributed by atoms with van der Waals surface area (Å²) in [5.74, 6) is 0.508. The molecule has 20 heavy (non-hydrogen) atoms. The van der Waals surface area contributed by atoms with E-state index in [1.54, 1.807) is 12.1 Å². The number of nitrogens with one attached hydrogen (secondary N) is 2. The van der Waals surface area contributed by atoms with E-state index < -0.39 is 0 Å². The van der Waals surface area contributed by atoms with E-state index in [0.717, 1.165) is 11.0 Å². The highest BCUT2D eigenvalue weighted by atomic mass is 79.9. The van der Waals surface area contributed by atoms with Gasteiger partial charge in [-0.05, 0) is 41.5 Å². The second-order valence-corrected chi connectivity index (χ2v) is 5.68. The smallest absolute Gasteiger partial charge is 0.320 e. The third-order valence-corrected chi connectivity index (χ3v) is 4.37. The fourth-order valence-electron chi connectivity index (χ4n) is 1.59. The molecule has 0 fully saturated rings. The van der Waals surface area contributed by atoms with Gasteiger partial charge in [-0.25, -0.2) is 0 Å². The van der Waals surface area contributed by atoms with Crippen LogP contribution in [0.2, 0.25) is 10.0 Å². The van der Waals surface area contributed by atoms with Crippen molar-refractivity contribution in [2.75, 3.05) is 11.9 Å². The van der Waals surface area contributed by atoms with Crippen LogP contribution in [0.3, 0.4) is 0 Å². The third-order valence-electron chi connectivity index (χ3n) is 2.60. The molecule has 1 aromatic heterocycles. The van der Waals surface area contributed by atoms with Gasteiger partial charge in [0.1, 0.15) is 0 Å². The van der Waals surface area contributed by atoms with Crippen LogP contribution in [0.15, 0.2) is 21.0 Å². The Morgan fingerprint density at radius 2 is 2.05 bits per heavy atom. The molecule has 108 valence electrons. The number of anilines is 2. The van der Waals surface area contributed by atoms with E-state index >= 15 is 0 Å². The highest BCUT2D eigenvalue weighted by Gasteiger charge is 2.15. The van der Waals surface area contributed by atoms with E-state index in [1.165, 1.54) is 0 Å². The van der Waals surface area contributed by atoms with Crippen LogP contribution in [0.25, 0.3) is 0 Å². The van der Waals surface area contributed by atoms with Gasteiger partial charge in [-0.15, -0.1) is 5.10 Å². The van der Waals surface area contributed by atoms with Crippen molar-refractivity contribution >= 4 is 50.8 Å². The van der Waals surface area contributed by atoms with E-state index in [1.807, 2.05) is 13.8 Å². The van der Waals surface area contributed by atoms with Crippen LogP contribution in [-0.4, -0.2) is 16.7 Å². The van der Waals surface area contributed by atoms with Crippen molar-refractivity contribution in [3.63, 3.8) is 0 Å². The van der Waals surface area contributed by atoms with Crippen LogP contribution in [0.4, 0.5) is 11.7 Å². The first-order valence-electron chi connectivity index (χ1n) is 6.00. The molecule has 0 bridgehead atoms. The Bertz CT molecular complexity index is 605. The van der Waals surface area contributed by atoms with E-state index in [2.05, 4.69) is 36.8 Å². The molecule has 0 amide bonds. The van der Waals surface area contributed by atoms with Gasteiger partial charge in [0.15, 0.2) is 0 Å². The number of hydrogen-bond donors (Lipinski definition) is 2. The highest BCUT2D eigenvalue weighted by molar-refractivity contribution is 9.10. The summed E-state index contributed by atoms with van der Waals surface area (Å²) in [6.45, 7) is 4.78. The summed E-state index contributed by atoms with van der Waals surface area (Å²) in [6, 6.07) is 3.82. The van der Waals surface area contributed by atoms with Crippen LogP contribution >= 0.6 is 39.1 Å². The minimum absolute atomic E-state index is 0.00738. The number of hydrogen-bond acceptors (Lipinski definition) is 5. The largest absolute Gasteiger partial charge is 0.406 e. The van der Waals surface area contributed by atoms with Crippen molar-refractivity contribution in [3.05, 3.63) is 32.5 Å². The van der Waals surface area contributed by atoms with Crippen molar-refractivity contribution in [3.8, 4) is 0 Å². The van der Waals surface area contributed by atoms with E-state index in [4.69, 9.17) is 27.6 Å². The lowest BCUT2D eigenvalue weighted by Gasteiger charge is -2.07. The fraction of sp³-hybridized carbons (Fsp3) is 0.333. The molecular weight excluding hydrogens is 367 g/mol. The van der Waals surface area contributed by atoms with Gasteiger partial charge in [0.25, 0.3) is 0 Å². The van der Waals surface area contributed by atoms with Gasteiger partial charge < -0.3 is 15.1 Å². The summed E-state index contributed by atoms with van der Waals surface area (Å²) in [5, 5.41) is 14.9. The first-order valence-corrected chi connectivity index (χ1v) is 7.55. The Labute approximate surface area is 135 Å². The molecular formula is C12H13BrCl2N4O. The second kappa shape index (κ2) is 6.76. The van der Waals surface area contributed by atoms with Gasteiger partial charge in [0, 0.05) is 4.47 Å². The number of rotatable bonds is 5. The number of aromatic nitrogens is 2. The molecule has 0 aliphatic heterocycles. The van der Waals surface area contributed by atoms with Gasteiger partial charge in [-0.2, -0.15) is 0 Å². The standard InChI is InChI=1S/C12H13BrCl2N4O/c1-3-16-6(2)11-18-19-12(20-11)17-8-5-4-7(13)9(14)10(8)15/h4-6,16H,3H2,1-2H3,(H,17,19). The second-order valence-electron chi connectivity index (χ2n) is 4.07. The van der Waals surface area contributed by atoms with Crippen LogP contribution in [0.1, 0.15) is 25.8 Å². The zero-order valence-electron chi connectivity index (χ0n) is 10.9. The van der Waals surface area contributed by atoms with Crippen LogP contribution in [0, 0.1) is 0 Å². The molecule has 2 N–H and O–H groups in total. The molecule has 0 aliphatic carbocycles. The maximum atomic E-state index is 6.14. The lowest BCUT2D eigenvalue weighted by Crippen LogP contribution is -2.17. The zero-order valence-corrected chi connectivity index (χ0v) is 14.0. The molecule has 0 saturated carbocycles. The molecule has 1 atom stereocenters. The molecule has 0 aliphatic rings. The maximum absolute atomic E-state index is 6.14. The monoisotopic (exact) mass is 378 g/mol. The predicted octanol–water partition coefficient (Wildman–Crippen LogP) is 4.55. The Hall–Kier alpha value is -0.820. The van der Waals surface area contributed by atoms with Crippen molar-refractivity contribution in [2.45, 2.75) is 19.9 Å². The minimum atomic E-state index is -0.00738. The molecule has 5 nitrogen and oxygen atoms in total. The van der Waals surface area contributed by atoms with Gasteiger partial charge in [-0.3, -0.25) is 0 Å². The first-order chi connectivity index (χ1) is 9.52. The number of halogens is 3. The number of benzene rings is 1. The summed E-state index contributed by atoms with van der Waals surface area (Å²) >= 11 is 15.5. The first kappa shape index (κ1) is 15.6. The van der Waals surface area contributed by atoms with Gasteiger partial charge in [0.05, 0.1) is 21.8 Å². The average molecular weight is 380 g/mol. The molecule has 2 rings (SSSR count). The maximum Gasteiger partial charge on any atom is 0.320 e. The zero-order chi connectivity index (χ0) is 14.7. The Morgan fingerprint density at radius 1 is 1.30 bits per heavy atom. The van der Waals surface area contributed by atoms with E-state index in [0.29, 0.717) is 21.6 Å². The van der Waals surface area contributed by atoms with Crippen molar-refractivity contribution < 1.29 is 4.42 Å². The lowest BCUT2D eigenvalue weighted by molar-refractivity contribution is 0.430. The van der Waals surface area contributed by atoms with Crippen molar-refractivity contribution in [1.82, 2.24) is 15.5 Å². The summed E-state index contributed by atoms with van der Waals surface area (Å²) < 4.78 is 6.24. The van der Waals surface area contributed by atoms with Gasteiger partial charge in [-0.1, -0.05) is 35.2 Å². The van der Waals surface area contributed by atoms with Crippen molar-refractivity contribution in [1.29, 1.82) is 0 Å². The van der Waals surface area contributed by atoms with Crippen LogP contribution in [0.5, 0.6) is 0 Å². The third kappa shape index (κ3) is 3.44. The molecule has 1 aromatic carbocycles. The van der Waals surface area contributed by atoms with Gasteiger partial charge in [0.2, 0.25) is 5.89 Å². The fourth-order valence-corrected chi connectivity index (χ4v) is 2.41. The summed E-state index contributed by atoms with van der Waals surface area (Å²) in [6.07, 6.45) is 0. The average Bonchev–Trinajstić information content (AvgIpc) is 2.88. The van der Waals surface area contributed by atoms with E-state index in [-0.39, 0.29) is 12.1 Å². The Balaban J connectivity index is 2.17. The Morgan fingerprint density at radius 3 is 2.75 bits per heavy atom. The molecule has 0 saturated heterocycles. The van der Waals surface area contributed by atoms with Crippen molar-refractivity contribution in [2.24, 2.45) is 0 Å². The predicted molar refractivity (Wildman–Crippen MR) is 83.8 cm³/mol. The molecule has 8 heteroatoms. The normalized spacial score (nSPS) is 12.4. The molecule has 1 unspecified atom stereocenters. The quantitative estimate of drug-likeness (QED) is 0.746. The number of nitrogens with zero attached hydrogens (tertiary/aromatic N) is 2. The summed E-state index contributed by atoms with van der Waals surface area (Å²) in [7, 11) is 0.